The van der Waals surface area contributed by atoms with E-state index >= 15 is 0 Å². The third-order valence-corrected chi connectivity index (χ3v) is 4.79. The number of amides is 1. The van der Waals surface area contributed by atoms with Gasteiger partial charge in [-0.1, -0.05) is 57.5 Å². The van der Waals surface area contributed by atoms with Crippen molar-refractivity contribution >= 4 is 5.91 Å². The molecular weight excluding hydrogens is 260 g/mol. The zero-order valence-corrected chi connectivity index (χ0v) is 13.4. The quantitative estimate of drug-likeness (QED) is 0.893. The Morgan fingerprint density at radius 2 is 1.90 bits per heavy atom. The highest BCUT2D eigenvalue weighted by Gasteiger charge is 2.32. The van der Waals surface area contributed by atoms with Gasteiger partial charge in [0, 0.05) is 6.04 Å². The third-order valence-electron chi connectivity index (χ3n) is 4.79. The molecule has 1 aromatic carbocycles. The Morgan fingerprint density at radius 3 is 2.52 bits per heavy atom. The Morgan fingerprint density at radius 1 is 1.24 bits per heavy atom. The number of carbonyl (C=O) groups excluding carboxylic acids is 1. The van der Waals surface area contributed by atoms with E-state index in [1.807, 2.05) is 30.3 Å². The van der Waals surface area contributed by atoms with E-state index in [1.165, 1.54) is 12.8 Å². The SMILES string of the molecule is CC1CCC(C(C)C)C(NC(=O)[C@H](N)c2ccccc2)C1. The lowest BCUT2D eigenvalue weighted by molar-refractivity contribution is -0.124. The van der Waals surface area contributed by atoms with E-state index < -0.39 is 6.04 Å². The van der Waals surface area contributed by atoms with E-state index in [0.29, 0.717) is 17.8 Å². The first-order valence-electron chi connectivity index (χ1n) is 8.10. The van der Waals surface area contributed by atoms with Gasteiger partial charge in [0.15, 0.2) is 0 Å². The molecule has 116 valence electrons. The smallest absolute Gasteiger partial charge is 0.241 e. The van der Waals surface area contributed by atoms with Gasteiger partial charge in [0.2, 0.25) is 5.91 Å². The molecule has 4 atom stereocenters. The first-order valence-corrected chi connectivity index (χ1v) is 8.10. The average molecular weight is 288 g/mol. The van der Waals surface area contributed by atoms with E-state index in [-0.39, 0.29) is 11.9 Å². The minimum atomic E-state index is -0.573. The highest BCUT2D eigenvalue weighted by atomic mass is 16.2. The Balaban J connectivity index is 2.02. The summed E-state index contributed by atoms with van der Waals surface area (Å²) in [6, 6.07) is 9.28. The molecule has 0 aliphatic heterocycles. The van der Waals surface area contributed by atoms with Crippen LogP contribution in [0.25, 0.3) is 0 Å². The van der Waals surface area contributed by atoms with Crippen molar-refractivity contribution in [3.8, 4) is 0 Å². The van der Waals surface area contributed by atoms with Gasteiger partial charge in [-0.3, -0.25) is 4.79 Å². The van der Waals surface area contributed by atoms with Crippen LogP contribution in [0.4, 0.5) is 0 Å². The number of nitrogens with one attached hydrogen (secondary N) is 1. The molecule has 21 heavy (non-hydrogen) atoms. The summed E-state index contributed by atoms with van der Waals surface area (Å²) in [7, 11) is 0. The van der Waals surface area contributed by atoms with Gasteiger partial charge in [0.05, 0.1) is 0 Å². The molecule has 3 N–H and O–H groups in total. The molecular formula is C18H28N2O. The summed E-state index contributed by atoms with van der Waals surface area (Å²) in [5.41, 5.74) is 6.97. The Hall–Kier alpha value is -1.35. The second-order valence-electron chi connectivity index (χ2n) is 6.83. The summed E-state index contributed by atoms with van der Waals surface area (Å²) in [5, 5.41) is 3.22. The Bertz CT molecular complexity index is 458. The van der Waals surface area contributed by atoms with Gasteiger partial charge in [-0.2, -0.15) is 0 Å². The predicted octanol–water partition coefficient (Wildman–Crippen LogP) is 3.26. The molecule has 0 spiro atoms. The molecule has 0 aromatic heterocycles. The zero-order chi connectivity index (χ0) is 15.4. The molecule has 0 bridgehead atoms. The van der Waals surface area contributed by atoms with E-state index in [9.17, 15) is 4.79 Å². The van der Waals surface area contributed by atoms with Crippen molar-refractivity contribution in [1.29, 1.82) is 0 Å². The molecule has 1 amide bonds. The minimum Gasteiger partial charge on any atom is -0.351 e. The van der Waals surface area contributed by atoms with Crippen molar-refractivity contribution in [3.05, 3.63) is 35.9 Å². The topological polar surface area (TPSA) is 55.1 Å². The first kappa shape index (κ1) is 16.0. The molecule has 3 nitrogen and oxygen atoms in total. The summed E-state index contributed by atoms with van der Waals surface area (Å²) in [4.78, 5) is 12.5. The van der Waals surface area contributed by atoms with Crippen molar-refractivity contribution in [2.75, 3.05) is 0 Å². The predicted molar refractivity (Wildman–Crippen MR) is 86.6 cm³/mol. The number of benzene rings is 1. The van der Waals surface area contributed by atoms with Crippen molar-refractivity contribution in [2.45, 2.75) is 52.1 Å². The Kier molecular flexibility index (Phi) is 5.40. The fourth-order valence-corrected chi connectivity index (χ4v) is 3.45. The molecule has 1 aliphatic carbocycles. The van der Waals surface area contributed by atoms with E-state index in [2.05, 4.69) is 26.1 Å². The van der Waals surface area contributed by atoms with Crippen LogP contribution in [-0.4, -0.2) is 11.9 Å². The van der Waals surface area contributed by atoms with Crippen LogP contribution in [-0.2, 0) is 4.79 Å². The summed E-state index contributed by atoms with van der Waals surface area (Å²) < 4.78 is 0. The van der Waals surface area contributed by atoms with E-state index in [1.54, 1.807) is 0 Å². The van der Waals surface area contributed by atoms with E-state index in [4.69, 9.17) is 5.73 Å². The number of carbonyl (C=O) groups is 1. The second-order valence-corrected chi connectivity index (χ2v) is 6.83. The van der Waals surface area contributed by atoms with Crippen LogP contribution < -0.4 is 11.1 Å². The standard InChI is InChI=1S/C18H28N2O/c1-12(2)15-10-9-13(3)11-16(15)20-18(21)17(19)14-7-5-4-6-8-14/h4-8,12-13,15-17H,9-11,19H2,1-3H3,(H,20,21)/t13?,15?,16?,17-/m1/s1. The van der Waals surface area contributed by atoms with Gasteiger partial charge in [0.25, 0.3) is 0 Å². The van der Waals surface area contributed by atoms with Crippen molar-refractivity contribution in [1.82, 2.24) is 5.32 Å². The number of hydrogen-bond acceptors (Lipinski definition) is 2. The van der Waals surface area contributed by atoms with Gasteiger partial charge < -0.3 is 11.1 Å². The minimum absolute atomic E-state index is 0.0500. The van der Waals surface area contributed by atoms with Gasteiger partial charge in [-0.05, 0) is 36.2 Å². The maximum Gasteiger partial charge on any atom is 0.241 e. The summed E-state index contributed by atoms with van der Waals surface area (Å²) in [6.45, 7) is 6.76. The largest absolute Gasteiger partial charge is 0.351 e. The molecule has 1 fully saturated rings. The molecule has 0 heterocycles. The highest BCUT2D eigenvalue weighted by molar-refractivity contribution is 5.83. The number of nitrogens with two attached hydrogens (primary N) is 1. The van der Waals surface area contributed by atoms with Crippen LogP contribution in [0.5, 0.6) is 0 Å². The van der Waals surface area contributed by atoms with Crippen LogP contribution >= 0.6 is 0 Å². The summed E-state index contributed by atoms with van der Waals surface area (Å²) in [5.74, 6) is 1.79. The fraction of sp³-hybridized carbons (Fsp3) is 0.611. The molecule has 1 aliphatic rings. The lowest BCUT2D eigenvalue weighted by atomic mass is 9.74. The molecule has 2 rings (SSSR count). The normalized spacial score (nSPS) is 27.4. The van der Waals surface area contributed by atoms with Crippen LogP contribution in [0.3, 0.4) is 0 Å². The molecule has 3 heteroatoms. The van der Waals surface area contributed by atoms with E-state index in [0.717, 1.165) is 12.0 Å². The van der Waals surface area contributed by atoms with Crippen molar-refractivity contribution < 1.29 is 4.79 Å². The average Bonchev–Trinajstić information content (AvgIpc) is 2.47. The van der Waals surface area contributed by atoms with Gasteiger partial charge in [-0.25, -0.2) is 0 Å². The highest BCUT2D eigenvalue weighted by Crippen LogP contribution is 2.33. The number of hydrogen-bond donors (Lipinski definition) is 2. The molecule has 1 aromatic rings. The number of rotatable bonds is 4. The van der Waals surface area contributed by atoms with Crippen LogP contribution in [0.2, 0.25) is 0 Å². The van der Waals surface area contributed by atoms with Crippen molar-refractivity contribution in [3.63, 3.8) is 0 Å². The van der Waals surface area contributed by atoms with Crippen LogP contribution in [0.1, 0.15) is 51.6 Å². The molecule has 0 radical (unpaired) electrons. The fourth-order valence-electron chi connectivity index (χ4n) is 3.45. The molecule has 3 unspecified atom stereocenters. The maximum absolute atomic E-state index is 12.5. The second kappa shape index (κ2) is 7.08. The summed E-state index contributed by atoms with van der Waals surface area (Å²) >= 11 is 0. The van der Waals surface area contributed by atoms with Gasteiger partial charge in [-0.15, -0.1) is 0 Å². The molecule has 1 saturated carbocycles. The van der Waals surface area contributed by atoms with Crippen molar-refractivity contribution in [2.24, 2.45) is 23.5 Å². The van der Waals surface area contributed by atoms with Gasteiger partial charge >= 0.3 is 0 Å². The van der Waals surface area contributed by atoms with Gasteiger partial charge in [0.1, 0.15) is 6.04 Å². The lowest BCUT2D eigenvalue weighted by Crippen LogP contribution is -2.48. The van der Waals surface area contributed by atoms with Crippen LogP contribution in [0.15, 0.2) is 30.3 Å². The third kappa shape index (κ3) is 4.07. The summed E-state index contributed by atoms with van der Waals surface area (Å²) in [6.07, 6.45) is 3.53. The monoisotopic (exact) mass is 288 g/mol. The lowest BCUT2D eigenvalue weighted by Gasteiger charge is -2.38. The maximum atomic E-state index is 12.5. The zero-order valence-electron chi connectivity index (χ0n) is 13.4. The van der Waals surface area contributed by atoms with Crippen LogP contribution in [0, 0.1) is 17.8 Å². The Labute approximate surface area is 128 Å². The first-order chi connectivity index (χ1) is 9.99. The molecule has 0 saturated heterocycles.